The van der Waals surface area contributed by atoms with Crippen molar-refractivity contribution in [1.29, 1.82) is 0 Å². The lowest BCUT2D eigenvalue weighted by Gasteiger charge is -2.27. The highest BCUT2D eigenvalue weighted by molar-refractivity contribution is 5.91. The maximum absolute atomic E-state index is 11.0. The van der Waals surface area contributed by atoms with Gasteiger partial charge in [0, 0.05) is 12.8 Å². The van der Waals surface area contributed by atoms with Crippen molar-refractivity contribution in [3.63, 3.8) is 0 Å². The molecule has 0 aliphatic heterocycles. The van der Waals surface area contributed by atoms with E-state index in [1.165, 1.54) is 18.4 Å². The molecule has 0 aromatic carbocycles. The molecule has 0 fully saturated rings. The third-order valence-electron chi connectivity index (χ3n) is 2.95. The zero-order chi connectivity index (χ0) is 14.2. The molecular weight excluding hydrogens is 224 g/mol. The van der Waals surface area contributed by atoms with E-state index in [0.717, 1.165) is 19.3 Å². The van der Waals surface area contributed by atoms with Gasteiger partial charge in [-0.1, -0.05) is 39.2 Å². The molecule has 0 amide bonds. The Hall–Kier alpha value is -0.920. The summed E-state index contributed by atoms with van der Waals surface area (Å²) in [4.78, 5) is 21.3. The van der Waals surface area contributed by atoms with E-state index in [-0.39, 0.29) is 11.2 Å². The lowest BCUT2D eigenvalue weighted by Crippen LogP contribution is -2.20. The minimum absolute atomic E-state index is 0.204. The van der Waals surface area contributed by atoms with E-state index in [2.05, 4.69) is 20.8 Å². The van der Waals surface area contributed by atoms with E-state index in [4.69, 9.17) is 0 Å². The van der Waals surface area contributed by atoms with Crippen molar-refractivity contribution in [2.75, 3.05) is 0 Å². The minimum Gasteiger partial charge on any atom is -0.300 e. The van der Waals surface area contributed by atoms with E-state index in [9.17, 15) is 9.59 Å². The highest BCUT2D eigenvalue weighted by Gasteiger charge is 2.25. The Morgan fingerprint density at radius 1 is 1.28 bits per heavy atom. The van der Waals surface area contributed by atoms with Gasteiger partial charge in [-0.25, -0.2) is 0 Å². The van der Waals surface area contributed by atoms with Crippen LogP contribution in [0.3, 0.4) is 0 Å². The first kappa shape index (κ1) is 17.1. The van der Waals surface area contributed by atoms with Crippen LogP contribution in [0.4, 0.5) is 0 Å². The predicted octanol–water partition coefficient (Wildman–Crippen LogP) is 4.48. The zero-order valence-corrected chi connectivity index (χ0v) is 12.6. The molecule has 1 rings (SSSR count). The number of ketones is 2. The number of carbonyl (C=O) groups is 2. The number of unbranched alkanes of at least 4 members (excludes halogenated alkanes) is 2. The van der Waals surface area contributed by atoms with Gasteiger partial charge in [0.25, 0.3) is 0 Å². The summed E-state index contributed by atoms with van der Waals surface area (Å²) in [6.45, 7) is 10.1. The Bertz CT molecular complexity index is 311. The second kappa shape index (κ2) is 8.23. The van der Waals surface area contributed by atoms with Gasteiger partial charge in [0.15, 0.2) is 5.78 Å². The van der Waals surface area contributed by atoms with Gasteiger partial charge in [-0.15, -0.1) is 0 Å². The van der Waals surface area contributed by atoms with E-state index >= 15 is 0 Å². The molecule has 0 aromatic heterocycles. The molecule has 18 heavy (non-hydrogen) atoms. The second-order valence-electron chi connectivity index (χ2n) is 6.13. The Balaban J connectivity index is 0.000000331. The van der Waals surface area contributed by atoms with Gasteiger partial charge in [-0.05, 0) is 38.2 Å². The van der Waals surface area contributed by atoms with E-state index in [1.807, 2.05) is 6.92 Å². The SMILES string of the molecule is CC1=CC(=O)CC(C)(C)C1.CCCCCC(C)=O. The highest BCUT2D eigenvalue weighted by Crippen LogP contribution is 2.32. The molecule has 0 bridgehead atoms. The predicted molar refractivity (Wildman–Crippen MR) is 76.6 cm³/mol. The molecule has 2 nitrogen and oxygen atoms in total. The molecule has 1 aliphatic rings. The standard InChI is InChI=1S/C9H14O.C7H14O/c1-7-4-8(10)6-9(2,3)5-7;1-3-4-5-6-7(2)8/h4H,5-6H2,1-3H3;3-6H2,1-2H3. The molecule has 0 heterocycles. The molecule has 0 radical (unpaired) electrons. The summed E-state index contributed by atoms with van der Waals surface area (Å²) >= 11 is 0. The first-order valence-electron chi connectivity index (χ1n) is 6.96. The van der Waals surface area contributed by atoms with Gasteiger partial charge in [0.05, 0.1) is 0 Å². The lowest BCUT2D eigenvalue weighted by atomic mass is 9.77. The van der Waals surface area contributed by atoms with Gasteiger partial charge in [0.1, 0.15) is 5.78 Å². The maximum Gasteiger partial charge on any atom is 0.156 e. The quantitative estimate of drug-likeness (QED) is 0.691. The van der Waals surface area contributed by atoms with Crippen LogP contribution in [-0.2, 0) is 9.59 Å². The van der Waals surface area contributed by atoms with Gasteiger partial charge in [-0.2, -0.15) is 0 Å². The summed E-state index contributed by atoms with van der Waals surface area (Å²) in [6.07, 6.45) is 7.79. The first-order valence-corrected chi connectivity index (χ1v) is 6.96. The molecule has 0 unspecified atom stereocenters. The van der Waals surface area contributed by atoms with Crippen molar-refractivity contribution in [2.45, 2.75) is 73.1 Å². The van der Waals surface area contributed by atoms with Crippen LogP contribution in [0.5, 0.6) is 0 Å². The summed E-state index contributed by atoms with van der Waals surface area (Å²) in [5.41, 5.74) is 1.43. The summed E-state index contributed by atoms with van der Waals surface area (Å²) in [5, 5.41) is 0. The first-order chi connectivity index (χ1) is 8.26. The fourth-order valence-corrected chi connectivity index (χ4v) is 2.29. The van der Waals surface area contributed by atoms with Gasteiger partial charge < -0.3 is 4.79 Å². The number of allylic oxidation sites excluding steroid dienone is 2. The number of rotatable bonds is 4. The average Bonchev–Trinajstić information content (AvgIpc) is 2.14. The fraction of sp³-hybridized carbons (Fsp3) is 0.750. The third kappa shape index (κ3) is 9.15. The number of Topliss-reactive ketones (excluding diaryl/α,β-unsaturated/α-hetero) is 1. The molecule has 1 aliphatic carbocycles. The van der Waals surface area contributed by atoms with Crippen LogP contribution in [0, 0.1) is 5.41 Å². The monoisotopic (exact) mass is 252 g/mol. The summed E-state index contributed by atoms with van der Waals surface area (Å²) in [7, 11) is 0. The Labute approximate surface area is 112 Å². The molecule has 0 atom stereocenters. The molecule has 0 spiro atoms. The summed E-state index contributed by atoms with van der Waals surface area (Å²) < 4.78 is 0. The third-order valence-corrected chi connectivity index (χ3v) is 2.95. The van der Waals surface area contributed by atoms with Crippen molar-refractivity contribution >= 4 is 11.6 Å². The molecule has 2 heteroatoms. The Morgan fingerprint density at radius 2 is 1.89 bits per heavy atom. The summed E-state index contributed by atoms with van der Waals surface area (Å²) in [5.74, 6) is 0.604. The Morgan fingerprint density at radius 3 is 2.28 bits per heavy atom. The molecule has 0 saturated heterocycles. The van der Waals surface area contributed by atoms with Crippen molar-refractivity contribution in [3.05, 3.63) is 11.6 Å². The molecule has 0 saturated carbocycles. The zero-order valence-electron chi connectivity index (χ0n) is 12.6. The van der Waals surface area contributed by atoms with Crippen LogP contribution in [0.25, 0.3) is 0 Å². The van der Waals surface area contributed by atoms with E-state index < -0.39 is 0 Å². The fourth-order valence-electron chi connectivity index (χ4n) is 2.29. The van der Waals surface area contributed by atoms with Gasteiger partial charge in [-0.3, -0.25) is 4.79 Å². The number of hydrogen-bond donors (Lipinski definition) is 0. The highest BCUT2D eigenvalue weighted by atomic mass is 16.1. The molecular formula is C16H28O2. The maximum atomic E-state index is 11.0. The lowest BCUT2D eigenvalue weighted by molar-refractivity contribution is -0.117. The largest absolute Gasteiger partial charge is 0.300 e. The summed E-state index contributed by atoms with van der Waals surface area (Å²) in [6, 6.07) is 0. The van der Waals surface area contributed by atoms with Crippen molar-refractivity contribution in [3.8, 4) is 0 Å². The molecule has 104 valence electrons. The normalized spacial score (nSPS) is 17.6. The smallest absolute Gasteiger partial charge is 0.156 e. The van der Waals surface area contributed by atoms with Crippen molar-refractivity contribution < 1.29 is 9.59 Å². The van der Waals surface area contributed by atoms with Crippen LogP contribution < -0.4 is 0 Å². The average molecular weight is 252 g/mol. The Kier molecular flexibility index (Phi) is 7.81. The van der Waals surface area contributed by atoms with E-state index in [0.29, 0.717) is 12.2 Å². The van der Waals surface area contributed by atoms with Crippen LogP contribution in [0.15, 0.2) is 11.6 Å². The molecule has 0 N–H and O–H groups in total. The van der Waals surface area contributed by atoms with Crippen LogP contribution in [0.2, 0.25) is 0 Å². The van der Waals surface area contributed by atoms with Crippen molar-refractivity contribution in [2.24, 2.45) is 5.41 Å². The van der Waals surface area contributed by atoms with E-state index in [1.54, 1.807) is 13.0 Å². The minimum atomic E-state index is 0.204. The second-order valence-corrected chi connectivity index (χ2v) is 6.13. The van der Waals surface area contributed by atoms with Gasteiger partial charge >= 0.3 is 0 Å². The van der Waals surface area contributed by atoms with Gasteiger partial charge in [0.2, 0.25) is 0 Å². The van der Waals surface area contributed by atoms with Crippen LogP contribution in [-0.4, -0.2) is 11.6 Å². The topological polar surface area (TPSA) is 34.1 Å². The van der Waals surface area contributed by atoms with Crippen LogP contribution >= 0.6 is 0 Å². The molecule has 0 aromatic rings. The number of hydrogen-bond acceptors (Lipinski definition) is 2. The van der Waals surface area contributed by atoms with Crippen LogP contribution in [0.1, 0.15) is 73.1 Å². The number of carbonyl (C=O) groups excluding carboxylic acids is 2. The van der Waals surface area contributed by atoms with Crippen molar-refractivity contribution in [1.82, 2.24) is 0 Å².